The lowest BCUT2D eigenvalue weighted by Gasteiger charge is -2.21. The number of aliphatic hydroxyl groups excluding tert-OH is 2. The molecule has 5 nitrogen and oxygen atoms in total. The number of aliphatic hydroxyl groups is 2. The lowest BCUT2D eigenvalue weighted by atomic mass is 9.94. The lowest BCUT2D eigenvalue weighted by Crippen LogP contribution is -2.15. The van der Waals surface area contributed by atoms with E-state index in [1.54, 1.807) is 12.1 Å². The summed E-state index contributed by atoms with van der Waals surface area (Å²) in [5.41, 5.74) is 0.666. The standard InChI is InChI=1S/C15H22O5S/c1-11(6-8-20-14(17)10-21)15(18)12-4-2-3-5-13(12)19-9-7-16/h2-5,11,15-16,18,21H,6-10H2,1H3/t11-,15-/m0/s1. The van der Waals surface area contributed by atoms with Crippen LogP contribution >= 0.6 is 12.6 Å². The topological polar surface area (TPSA) is 76.0 Å². The number of hydrogen-bond donors (Lipinski definition) is 3. The van der Waals surface area contributed by atoms with Gasteiger partial charge in [-0.2, -0.15) is 12.6 Å². The summed E-state index contributed by atoms with van der Waals surface area (Å²) in [6.07, 6.45) is -0.191. The molecular weight excluding hydrogens is 292 g/mol. The first-order valence-electron chi connectivity index (χ1n) is 6.87. The molecule has 0 amide bonds. The Kier molecular flexibility index (Phi) is 8.19. The van der Waals surface area contributed by atoms with E-state index in [-0.39, 0.29) is 37.5 Å². The van der Waals surface area contributed by atoms with E-state index in [1.165, 1.54) is 0 Å². The van der Waals surface area contributed by atoms with Crippen molar-refractivity contribution in [3.63, 3.8) is 0 Å². The Hall–Kier alpha value is -1.24. The molecule has 0 aromatic heterocycles. The quantitative estimate of drug-likeness (QED) is 0.477. The van der Waals surface area contributed by atoms with Crippen molar-refractivity contribution in [2.45, 2.75) is 19.4 Å². The number of ether oxygens (including phenoxy) is 2. The minimum atomic E-state index is -0.727. The number of esters is 1. The summed E-state index contributed by atoms with van der Waals surface area (Å²) in [6.45, 7) is 2.22. The molecule has 0 unspecified atom stereocenters. The molecule has 0 fully saturated rings. The van der Waals surface area contributed by atoms with Crippen molar-refractivity contribution in [2.75, 3.05) is 25.6 Å². The van der Waals surface area contributed by atoms with Crippen LogP contribution in [0.3, 0.4) is 0 Å². The minimum Gasteiger partial charge on any atom is -0.491 e. The van der Waals surface area contributed by atoms with Gasteiger partial charge in [0.1, 0.15) is 12.4 Å². The summed E-state index contributed by atoms with van der Waals surface area (Å²) in [4.78, 5) is 11.0. The van der Waals surface area contributed by atoms with Gasteiger partial charge in [0.2, 0.25) is 0 Å². The monoisotopic (exact) mass is 314 g/mol. The Labute approximate surface area is 130 Å². The average molecular weight is 314 g/mol. The summed E-state index contributed by atoms with van der Waals surface area (Å²) in [7, 11) is 0. The van der Waals surface area contributed by atoms with Crippen LogP contribution in [0.1, 0.15) is 25.0 Å². The zero-order valence-corrected chi connectivity index (χ0v) is 13.0. The Morgan fingerprint density at radius 1 is 1.33 bits per heavy atom. The van der Waals surface area contributed by atoms with Crippen molar-refractivity contribution in [3.8, 4) is 5.75 Å². The second kappa shape index (κ2) is 9.65. The summed E-state index contributed by atoms with van der Waals surface area (Å²) in [6, 6.07) is 7.16. The SMILES string of the molecule is C[C@@H](CCOC(=O)CS)[C@H](O)c1ccccc1OCCO. The molecule has 2 N–H and O–H groups in total. The zero-order valence-electron chi connectivity index (χ0n) is 12.1. The van der Waals surface area contributed by atoms with Crippen LogP contribution in [0.5, 0.6) is 5.75 Å². The van der Waals surface area contributed by atoms with Crippen LogP contribution in [-0.4, -0.2) is 41.8 Å². The number of thiol groups is 1. The number of rotatable bonds is 9. The molecule has 0 saturated heterocycles. The Morgan fingerprint density at radius 3 is 2.71 bits per heavy atom. The predicted molar refractivity (Wildman–Crippen MR) is 82.6 cm³/mol. The molecule has 21 heavy (non-hydrogen) atoms. The first-order valence-corrected chi connectivity index (χ1v) is 7.50. The molecule has 6 heteroatoms. The molecule has 0 aliphatic rings. The molecule has 0 radical (unpaired) electrons. The molecular formula is C15H22O5S. The number of carbonyl (C=O) groups is 1. The van der Waals surface area contributed by atoms with Crippen LogP contribution in [0.4, 0.5) is 0 Å². The number of benzene rings is 1. The van der Waals surface area contributed by atoms with Crippen molar-refractivity contribution in [1.82, 2.24) is 0 Å². The van der Waals surface area contributed by atoms with Gasteiger partial charge < -0.3 is 19.7 Å². The van der Waals surface area contributed by atoms with E-state index in [2.05, 4.69) is 12.6 Å². The summed E-state index contributed by atoms with van der Waals surface area (Å²) in [5.74, 6) is 0.135. The molecule has 1 aromatic carbocycles. The van der Waals surface area contributed by atoms with E-state index in [0.29, 0.717) is 17.7 Å². The van der Waals surface area contributed by atoms with E-state index >= 15 is 0 Å². The molecule has 0 spiro atoms. The maximum atomic E-state index is 11.0. The highest BCUT2D eigenvalue weighted by Crippen LogP contribution is 2.31. The van der Waals surface area contributed by atoms with E-state index in [4.69, 9.17) is 14.6 Å². The third-order valence-electron chi connectivity index (χ3n) is 3.09. The van der Waals surface area contributed by atoms with Gasteiger partial charge in [-0.05, 0) is 18.4 Å². The highest BCUT2D eigenvalue weighted by molar-refractivity contribution is 7.81. The first kappa shape index (κ1) is 17.8. The van der Waals surface area contributed by atoms with Crippen LogP contribution < -0.4 is 4.74 Å². The van der Waals surface area contributed by atoms with E-state index in [0.717, 1.165) is 0 Å². The fraction of sp³-hybridized carbons (Fsp3) is 0.533. The van der Waals surface area contributed by atoms with Crippen LogP contribution in [0.25, 0.3) is 0 Å². The zero-order chi connectivity index (χ0) is 15.7. The number of hydrogen-bond acceptors (Lipinski definition) is 6. The molecule has 2 atom stereocenters. The second-order valence-electron chi connectivity index (χ2n) is 4.70. The Balaban J connectivity index is 2.60. The average Bonchev–Trinajstić information content (AvgIpc) is 2.52. The summed E-state index contributed by atoms with van der Waals surface area (Å²) in [5, 5.41) is 19.2. The number of carbonyl (C=O) groups excluding carboxylic acids is 1. The van der Waals surface area contributed by atoms with Crippen molar-refractivity contribution in [1.29, 1.82) is 0 Å². The van der Waals surface area contributed by atoms with E-state index in [1.807, 2.05) is 19.1 Å². The van der Waals surface area contributed by atoms with Gasteiger partial charge in [-0.15, -0.1) is 0 Å². The van der Waals surface area contributed by atoms with Crippen molar-refractivity contribution < 1.29 is 24.5 Å². The van der Waals surface area contributed by atoms with Gasteiger partial charge in [0.05, 0.1) is 25.1 Å². The van der Waals surface area contributed by atoms with Crippen LogP contribution in [0.2, 0.25) is 0 Å². The lowest BCUT2D eigenvalue weighted by molar-refractivity contribution is -0.141. The van der Waals surface area contributed by atoms with Crippen molar-refractivity contribution >= 4 is 18.6 Å². The Bertz CT molecular complexity index is 438. The summed E-state index contributed by atoms with van der Waals surface area (Å²) < 4.78 is 10.4. The smallest absolute Gasteiger partial charge is 0.315 e. The molecule has 0 bridgehead atoms. The van der Waals surface area contributed by atoms with Crippen molar-refractivity contribution in [2.24, 2.45) is 5.92 Å². The minimum absolute atomic E-state index is 0.0504. The largest absolute Gasteiger partial charge is 0.491 e. The van der Waals surface area contributed by atoms with Gasteiger partial charge in [0, 0.05) is 5.56 Å². The Morgan fingerprint density at radius 2 is 2.05 bits per heavy atom. The molecule has 0 aliphatic heterocycles. The van der Waals surface area contributed by atoms with Crippen molar-refractivity contribution in [3.05, 3.63) is 29.8 Å². The highest BCUT2D eigenvalue weighted by atomic mass is 32.1. The molecule has 1 aromatic rings. The van der Waals surface area contributed by atoms with Crippen LogP contribution in [0, 0.1) is 5.92 Å². The fourth-order valence-corrected chi connectivity index (χ4v) is 1.97. The van der Waals surface area contributed by atoms with Gasteiger partial charge in [0.25, 0.3) is 0 Å². The molecule has 0 saturated carbocycles. The molecule has 0 heterocycles. The molecule has 0 aliphatic carbocycles. The fourth-order valence-electron chi connectivity index (χ4n) is 1.88. The van der Waals surface area contributed by atoms with E-state index in [9.17, 15) is 9.90 Å². The van der Waals surface area contributed by atoms with Crippen LogP contribution in [-0.2, 0) is 9.53 Å². The molecule has 118 valence electrons. The second-order valence-corrected chi connectivity index (χ2v) is 5.02. The normalized spacial score (nSPS) is 13.5. The van der Waals surface area contributed by atoms with Gasteiger partial charge in [-0.25, -0.2) is 0 Å². The maximum Gasteiger partial charge on any atom is 0.315 e. The van der Waals surface area contributed by atoms with E-state index < -0.39 is 6.10 Å². The van der Waals surface area contributed by atoms with Gasteiger partial charge >= 0.3 is 5.97 Å². The van der Waals surface area contributed by atoms with Gasteiger partial charge in [-0.3, -0.25) is 4.79 Å². The number of para-hydroxylation sites is 1. The van der Waals surface area contributed by atoms with Crippen LogP contribution in [0.15, 0.2) is 24.3 Å². The summed E-state index contributed by atoms with van der Waals surface area (Å²) >= 11 is 3.82. The van der Waals surface area contributed by atoms with Gasteiger partial charge in [0.15, 0.2) is 0 Å². The maximum absolute atomic E-state index is 11.0. The predicted octanol–water partition coefficient (Wildman–Crippen LogP) is 1.59. The van der Waals surface area contributed by atoms with Gasteiger partial charge in [-0.1, -0.05) is 25.1 Å². The highest BCUT2D eigenvalue weighted by Gasteiger charge is 2.20. The first-order chi connectivity index (χ1) is 10.1. The molecule has 1 rings (SSSR count). The third-order valence-corrected chi connectivity index (χ3v) is 3.35. The third kappa shape index (κ3) is 5.95.